The minimum Gasteiger partial charge on any atom is -0.464 e. The molecular weight excluding hydrogens is 410 g/mol. The van der Waals surface area contributed by atoms with Crippen LogP contribution in [0.15, 0.2) is 30.3 Å². The maximum Gasteiger partial charge on any atom is 0.328 e. The Morgan fingerprint density at radius 3 is 2.28 bits per heavy atom. The molecule has 0 saturated carbocycles. The second kappa shape index (κ2) is 14.6. The van der Waals surface area contributed by atoms with Crippen molar-refractivity contribution in [1.82, 2.24) is 16.0 Å². The Balaban J connectivity index is 2.82. The minimum absolute atomic E-state index is 0.122. The molecule has 0 fully saturated rings. The van der Waals surface area contributed by atoms with Gasteiger partial charge in [0.25, 0.3) is 0 Å². The molecule has 3 atom stereocenters. The average molecular weight is 444 g/mol. The summed E-state index contributed by atoms with van der Waals surface area (Å²) in [6, 6.07) is 6.57. The molecule has 1 rings (SSSR count). The number of unbranched alkanes of at least 4 members (excludes halogenated alkanes) is 1. The van der Waals surface area contributed by atoms with Gasteiger partial charge in [-0.25, -0.2) is 4.79 Å². The van der Waals surface area contributed by atoms with Crippen LogP contribution in [-0.4, -0.2) is 48.4 Å². The van der Waals surface area contributed by atoms with Crippen LogP contribution in [0.1, 0.15) is 52.5 Å². The molecule has 8 nitrogen and oxygen atoms in total. The molecular formula is C24H33N3O5. The van der Waals surface area contributed by atoms with E-state index in [-0.39, 0.29) is 25.4 Å². The van der Waals surface area contributed by atoms with E-state index in [1.807, 2.05) is 37.3 Å². The smallest absolute Gasteiger partial charge is 0.328 e. The maximum atomic E-state index is 12.7. The first-order valence-corrected chi connectivity index (χ1v) is 10.8. The fourth-order valence-electron chi connectivity index (χ4n) is 2.80. The highest BCUT2D eigenvalue weighted by molar-refractivity contribution is 5.93. The lowest BCUT2D eigenvalue weighted by Crippen LogP contribution is -2.55. The molecule has 0 saturated heterocycles. The third-order valence-corrected chi connectivity index (χ3v) is 4.55. The van der Waals surface area contributed by atoms with Crippen molar-refractivity contribution < 1.29 is 23.9 Å². The first kappa shape index (κ1) is 26.7. The number of ether oxygens (including phenoxy) is 1. The number of carbonyl (C=O) groups is 4. The van der Waals surface area contributed by atoms with Crippen LogP contribution < -0.4 is 16.0 Å². The summed E-state index contributed by atoms with van der Waals surface area (Å²) >= 11 is 0. The van der Waals surface area contributed by atoms with Crippen LogP contribution >= 0.6 is 0 Å². The summed E-state index contributed by atoms with van der Waals surface area (Å²) in [6.45, 7) is 6.70. The van der Waals surface area contributed by atoms with E-state index < -0.39 is 35.9 Å². The van der Waals surface area contributed by atoms with Crippen LogP contribution in [-0.2, 0) is 30.3 Å². The predicted octanol–water partition coefficient (Wildman–Crippen LogP) is 1.48. The van der Waals surface area contributed by atoms with Crippen LogP contribution in [0, 0.1) is 11.8 Å². The summed E-state index contributed by atoms with van der Waals surface area (Å²) < 4.78 is 5.30. The van der Waals surface area contributed by atoms with Crippen molar-refractivity contribution in [2.45, 2.75) is 71.5 Å². The van der Waals surface area contributed by atoms with Gasteiger partial charge in [0, 0.05) is 19.8 Å². The average Bonchev–Trinajstić information content (AvgIpc) is 2.76. The molecule has 3 amide bonds. The van der Waals surface area contributed by atoms with E-state index in [4.69, 9.17) is 4.74 Å². The molecule has 0 aliphatic rings. The lowest BCUT2D eigenvalue weighted by Gasteiger charge is -2.22. The zero-order valence-electron chi connectivity index (χ0n) is 19.2. The molecule has 1 unspecified atom stereocenters. The summed E-state index contributed by atoms with van der Waals surface area (Å²) in [7, 11) is 0. The van der Waals surface area contributed by atoms with Gasteiger partial charge in [0.15, 0.2) is 0 Å². The van der Waals surface area contributed by atoms with Gasteiger partial charge in [-0.05, 0) is 25.8 Å². The van der Waals surface area contributed by atoms with Crippen molar-refractivity contribution >= 4 is 23.7 Å². The van der Waals surface area contributed by atoms with E-state index in [0.29, 0.717) is 0 Å². The normalized spacial score (nSPS) is 12.9. The molecule has 0 aliphatic heterocycles. The predicted molar refractivity (Wildman–Crippen MR) is 121 cm³/mol. The molecule has 1 aromatic rings. The van der Waals surface area contributed by atoms with Crippen molar-refractivity contribution in [1.29, 1.82) is 0 Å². The van der Waals surface area contributed by atoms with Crippen molar-refractivity contribution in [2.75, 3.05) is 6.61 Å². The topological polar surface area (TPSA) is 114 Å². The van der Waals surface area contributed by atoms with Gasteiger partial charge in [-0.2, -0.15) is 0 Å². The first-order valence-electron chi connectivity index (χ1n) is 10.8. The lowest BCUT2D eigenvalue weighted by molar-refractivity contribution is -0.148. The zero-order valence-corrected chi connectivity index (χ0v) is 19.2. The van der Waals surface area contributed by atoms with Gasteiger partial charge in [0.1, 0.15) is 18.1 Å². The van der Waals surface area contributed by atoms with Gasteiger partial charge in [0.2, 0.25) is 17.7 Å². The molecule has 174 valence electrons. The third-order valence-electron chi connectivity index (χ3n) is 4.55. The highest BCUT2D eigenvalue weighted by Gasteiger charge is 2.27. The molecule has 0 aliphatic carbocycles. The van der Waals surface area contributed by atoms with Crippen molar-refractivity contribution in [2.24, 2.45) is 0 Å². The van der Waals surface area contributed by atoms with Crippen molar-refractivity contribution in [3.8, 4) is 11.8 Å². The molecule has 0 bridgehead atoms. The van der Waals surface area contributed by atoms with Crippen LogP contribution in [0.3, 0.4) is 0 Å². The number of hydrogen-bond donors (Lipinski definition) is 3. The molecule has 0 aromatic heterocycles. The van der Waals surface area contributed by atoms with Crippen LogP contribution in [0.2, 0.25) is 0 Å². The summed E-state index contributed by atoms with van der Waals surface area (Å²) in [4.78, 5) is 49.2. The molecule has 1 aromatic carbocycles. The molecule has 3 N–H and O–H groups in total. The molecule has 0 heterocycles. The Morgan fingerprint density at radius 1 is 1.00 bits per heavy atom. The summed E-state index contributed by atoms with van der Waals surface area (Å²) in [5.74, 6) is 3.46. The Labute approximate surface area is 189 Å². The van der Waals surface area contributed by atoms with Gasteiger partial charge in [0.05, 0.1) is 6.61 Å². The summed E-state index contributed by atoms with van der Waals surface area (Å²) in [5.41, 5.74) is 0.866. The number of nitrogens with one attached hydrogen (secondary N) is 3. The molecule has 0 spiro atoms. The standard InChI is InChI=1S/C24H33N3O5/c1-5-7-14-20(26-18(4)28)23(30)25-17(3)22(29)27-21(24(31)32-15-8-6-2)16-19-12-10-9-11-13-19/h9-13,17,20-21H,6,8,14-16H2,1-4H3,(H,25,30)(H,26,28)(H,27,29)/t17-,20?,21-/m1/s1. The third kappa shape index (κ3) is 10.1. The Kier molecular flexibility index (Phi) is 12.2. The summed E-state index contributed by atoms with van der Waals surface area (Å²) in [5, 5.41) is 7.77. The van der Waals surface area contributed by atoms with E-state index in [9.17, 15) is 19.2 Å². The monoisotopic (exact) mass is 443 g/mol. The van der Waals surface area contributed by atoms with Crippen LogP contribution in [0.25, 0.3) is 0 Å². The van der Waals surface area contributed by atoms with E-state index in [2.05, 4.69) is 27.8 Å². The number of hydrogen-bond acceptors (Lipinski definition) is 5. The molecule has 32 heavy (non-hydrogen) atoms. The van der Waals surface area contributed by atoms with Gasteiger partial charge < -0.3 is 20.7 Å². The highest BCUT2D eigenvalue weighted by atomic mass is 16.5. The quantitative estimate of drug-likeness (QED) is 0.257. The number of esters is 1. The van der Waals surface area contributed by atoms with Gasteiger partial charge in [-0.3, -0.25) is 14.4 Å². The van der Waals surface area contributed by atoms with Gasteiger partial charge in [-0.1, -0.05) is 43.7 Å². The van der Waals surface area contributed by atoms with Crippen molar-refractivity contribution in [3.05, 3.63) is 35.9 Å². The number of benzene rings is 1. The fraction of sp³-hybridized carbons (Fsp3) is 0.500. The van der Waals surface area contributed by atoms with Gasteiger partial charge >= 0.3 is 5.97 Å². The van der Waals surface area contributed by atoms with E-state index >= 15 is 0 Å². The molecule has 8 heteroatoms. The first-order chi connectivity index (χ1) is 15.3. The Morgan fingerprint density at radius 2 is 1.69 bits per heavy atom. The lowest BCUT2D eigenvalue weighted by atomic mass is 10.1. The van der Waals surface area contributed by atoms with E-state index in [1.165, 1.54) is 13.8 Å². The number of amides is 3. The van der Waals surface area contributed by atoms with E-state index in [1.54, 1.807) is 6.92 Å². The van der Waals surface area contributed by atoms with Gasteiger partial charge in [-0.15, -0.1) is 11.8 Å². The highest BCUT2D eigenvalue weighted by Crippen LogP contribution is 2.06. The SMILES string of the molecule is CC#CCC(NC(C)=O)C(=O)N[C@H](C)C(=O)N[C@H](Cc1ccccc1)C(=O)OCCCC. The molecule has 0 radical (unpaired) electrons. The second-order valence-electron chi connectivity index (χ2n) is 7.39. The van der Waals surface area contributed by atoms with Crippen LogP contribution in [0.5, 0.6) is 0 Å². The van der Waals surface area contributed by atoms with Crippen molar-refractivity contribution in [3.63, 3.8) is 0 Å². The Hall–Kier alpha value is -3.34. The number of carbonyl (C=O) groups excluding carboxylic acids is 4. The van der Waals surface area contributed by atoms with E-state index in [0.717, 1.165) is 18.4 Å². The number of rotatable bonds is 12. The summed E-state index contributed by atoms with van der Waals surface area (Å²) in [6.07, 6.45) is 1.99. The largest absolute Gasteiger partial charge is 0.464 e. The maximum absolute atomic E-state index is 12.7. The van der Waals surface area contributed by atoms with Crippen LogP contribution in [0.4, 0.5) is 0 Å². The second-order valence-corrected chi connectivity index (χ2v) is 7.39. The fourth-order valence-corrected chi connectivity index (χ4v) is 2.80. The minimum atomic E-state index is -0.935. The zero-order chi connectivity index (χ0) is 23.9. The Bertz CT molecular complexity index is 829.